The van der Waals surface area contributed by atoms with Gasteiger partial charge in [0.25, 0.3) is 0 Å². The molecule has 10 atom stereocenters. The molecule has 0 aliphatic heterocycles. The van der Waals surface area contributed by atoms with Crippen molar-refractivity contribution in [2.75, 3.05) is 0 Å². The third-order valence-corrected chi connectivity index (χ3v) is 15.1. The van der Waals surface area contributed by atoms with Crippen molar-refractivity contribution in [3.63, 3.8) is 0 Å². The molecule has 0 aromatic rings. The van der Waals surface area contributed by atoms with Crippen molar-refractivity contribution in [3.8, 4) is 0 Å². The molecule has 38 heavy (non-hydrogen) atoms. The van der Waals surface area contributed by atoms with Crippen LogP contribution in [-0.2, 0) is 0 Å². The van der Waals surface area contributed by atoms with E-state index < -0.39 is 0 Å². The lowest BCUT2D eigenvalue weighted by atomic mass is 9.62. The van der Waals surface area contributed by atoms with E-state index in [1.807, 2.05) is 0 Å². The van der Waals surface area contributed by atoms with Crippen molar-refractivity contribution in [2.45, 2.75) is 167 Å². The average Bonchev–Trinajstić information content (AvgIpc) is 3.73. The van der Waals surface area contributed by atoms with E-state index >= 15 is 0 Å². The van der Waals surface area contributed by atoms with Crippen LogP contribution in [0.15, 0.2) is 0 Å². The zero-order chi connectivity index (χ0) is 25.3. The highest BCUT2D eigenvalue weighted by Crippen LogP contribution is 2.55. The molecule has 0 aromatic heterocycles. The van der Waals surface area contributed by atoms with E-state index in [-0.39, 0.29) is 0 Å². The highest BCUT2D eigenvalue weighted by atomic mass is 14.5. The Balaban J connectivity index is 0.0000000956. The van der Waals surface area contributed by atoms with Crippen LogP contribution in [0.4, 0.5) is 0 Å². The molecule has 10 unspecified atom stereocenters. The van der Waals surface area contributed by atoms with Crippen molar-refractivity contribution in [1.82, 2.24) is 0 Å². The second-order valence-corrected chi connectivity index (χ2v) is 16.7. The van der Waals surface area contributed by atoms with Gasteiger partial charge in [0.1, 0.15) is 0 Å². The van der Waals surface area contributed by atoms with Gasteiger partial charge in [-0.1, -0.05) is 116 Å². The maximum absolute atomic E-state index is 1.62. The van der Waals surface area contributed by atoms with Crippen LogP contribution in [0, 0.1) is 71.0 Å². The lowest BCUT2D eigenvalue weighted by Gasteiger charge is -2.43. The molecule has 9 fully saturated rings. The fourth-order valence-corrected chi connectivity index (χ4v) is 13.4. The van der Waals surface area contributed by atoms with Crippen LogP contribution in [0.5, 0.6) is 0 Å². The van der Waals surface area contributed by atoms with Crippen molar-refractivity contribution < 1.29 is 0 Å². The van der Waals surface area contributed by atoms with Crippen LogP contribution in [0.1, 0.15) is 167 Å². The van der Waals surface area contributed by atoms with Crippen molar-refractivity contribution in [1.29, 1.82) is 0 Å². The van der Waals surface area contributed by atoms with Gasteiger partial charge in [-0.25, -0.2) is 0 Å². The molecule has 0 N–H and O–H groups in total. The van der Waals surface area contributed by atoms with Gasteiger partial charge in [-0.3, -0.25) is 0 Å². The zero-order valence-electron chi connectivity index (χ0n) is 25.3. The van der Waals surface area contributed by atoms with Crippen LogP contribution in [0.2, 0.25) is 0 Å². The van der Waals surface area contributed by atoms with Gasteiger partial charge >= 0.3 is 0 Å². The number of fused-ring (bicyclic) bond motifs is 5. The predicted octanol–water partition coefficient (Wildman–Crippen LogP) is 11.6. The van der Waals surface area contributed by atoms with Gasteiger partial charge in [0.2, 0.25) is 0 Å². The summed E-state index contributed by atoms with van der Waals surface area (Å²) in [6, 6.07) is 0. The van der Waals surface area contributed by atoms with Crippen molar-refractivity contribution in [2.24, 2.45) is 71.0 Å². The Morgan fingerprint density at radius 1 is 0.211 bits per heavy atom. The monoisotopic (exact) mass is 521 g/mol. The molecule has 0 bridgehead atoms. The molecule has 0 amide bonds. The van der Waals surface area contributed by atoms with Crippen LogP contribution in [0.25, 0.3) is 0 Å². The van der Waals surface area contributed by atoms with Gasteiger partial charge < -0.3 is 0 Å². The third-order valence-electron chi connectivity index (χ3n) is 15.1. The summed E-state index contributed by atoms with van der Waals surface area (Å²) in [5.74, 6) is 14.1. The number of hydrogen-bond donors (Lipinski definition) is 0. The topological polar surface area (TPSA) is 0 Å². The Labute approximate surface area is 237 Å². The first-order valence-electron chi connectivity index (χ1n) is 18.8. The first-order chi connectivity index (χ1) is 18.8. The minimum absolute atomic E-state index is 1.16. The summed E-state index contributed by atoms with van der Waals surface area (Å²) in [5, 5.41) is 0. The highest BCUT2D eigenvalue weighted by Gasteiger charge is 2.45. The lowest BCUT2D eigenvalue weighted by molar-refractivity contribution is 0.0729. The van der Waals surface area contributed by atoms with Crippen molar-refractivity contribution >= 4 is 0 Å². The Morgan fingerprint density at radius 2 is 0.500 bits per heavy atom. The molecule has 0 saturated heterocycles. The van der Waals surface area contributed by atoms with E-state index in [0.717, 1.165) is 17.8 Å². The Morgan fingerprint density at radius 3 is 1.03 bits per heavy atom. The van der Waals surface area contributed by atoms with Gasteiger partial charge in [0.15, 0.2) is 0 Å². The summed E-state index contributed by atoms with van der Waals surface area (Å²) in [6.45, 7) is 0. The Kier molecular flexibility index (Phi) is 8.82. The summed E-state index contributed by atoms with van der Waals surface area (Å²) in [6.07, 6.45) is 40.9. The van der Waals surface area contributed by atoms with Crippen LogP contribution < -0.4 is 0 Å². The summed E-state index contributed by atoms with van der Waals surface area (Å²) >= 11 is 0. The maximum Gasteiger partial charge on any atom is -0.0329 e. The molecule has 0 nitrogen and oxygen atoms in total. The van der Waals surface area contributed by atoms with Crippen LogP contribution in [0.3, 0.4) is 0 Å². The number of hydrogen-bond acceptors (Lipinski definition) is 0. The van der Waals surface area contributed by atoms with Gasteiger partial charge in [-0.05, 0) is 122 Å². The first-order valence-corrected chi connectivity index (χ1v) is 18.8. The maximum atomic E-state index is 1.62. The van der Waals surface area contributed by atoms with E-state index in [4.69, 9.17) is 0 Å². The molecular formula is C38H64. The zero-order valence-corrected chi connectivity index (χ0v) is 25.3. The Bertz CT molecular complexity index is 698. The van der Waals surface area contributed by atoms with E-state index in [9.17, 15) is 0 Å². The molecule has 0 aromatic carbocycles. The molecule has 0 heteroatoms. The standard InChI is InChI=1S/2C13H22.C12H20/c1-2-6-12-10(4-1)8-9-11-5-3-7-13(11)12;1-2-5-11-9-13-7-3-6-12(13)8-10(11)4-1;1-3-9-4-2-6-11-8-7-10(5-1)12(9)11/h2*10-13H,1-9H2;9-12H,1-8H2. The molecule has 216 valence electrons. The largest absolute Gasteiger partial charge is 0.0530 e. The molecule has 9 aliphatic carbocycles. The quantitative estimate of drug-likeness (QED) is 0.298. The lowest BCUT2D eigenvalue weighted by Crippen LogP contribution is -2.33. The smallest absolute Gasteiger partial charge is 0.0329 e. The second kappa shape index (κ2) is 12.5. The summed E-state index contributed by atoms with van der Waals surface area (Å²) in [5.41, 5.74) is 0. The van der Waals surface area contributed by atoms with Gasteiger partial charge in [0.05, 0.1) is 0 Å². The predicted molar refractivity (Wildman–Crippen MR) is 162 cm³/mol. The van der Waals surface area contributed by atoms with Gasteiger partial charge in [-0.15, -0.1) is 0 Å². The fourth-order valence-electron chi connectivity index (χ4n) is 13.4. The summed E-state index contributed by atoms with van der Waals surface area (Å²) in [7, 11) is 0. The van der Waals surface area contributed by atoms with Gasteiger partial charge in [-0.2, -0.15) is 0 Å². The molecule has 0 radical (unpaired) electrons. The highest BCUT2D eigenvalue weighted by molar-refractivity contribution is 4.95. The summed E-state index contributed by atoms with van der Waals surface area (Å²) < 4.78 is 0. The minimum atomic E-state index is 1.16. The Hall–Kier alpha value is 0. The van der Waals surface area contributed by atoms with Crippen molar-refractivity contribution in [3.05, 3.63) is 0 Å². The average molecular weight is 521 g/mol. The van der Waals surface area contributed by atoms with E-state index in [1.165, 1.54) is 53.3 Å². The second-order valence-electron chi connectivity index (χ2n) is 16.7. The van der Waals surface area contributed by atoms with E-state index in [2.05, 4.69) is 0 Å². The van der Waals surface area contributed by atoms with Crippen LogP contribution >= 0.6 is 0 Å². The van der Waals surface area contributed by atoms with E-state index in [0.29, 0.717) is 0 Å². The molecule has 9 aliphatic rings. The molecule has 9 saturated carbocycles. The molecule has 0 spiro atoms. The van der Waals surface area contributed by atoms with E-state index in [1.54, 1.807) is 167 Å². The minimum Gasteiger partial charge on any atom is -0.0530 e. The first kappa shape index (κ1) is 26.9. The third kappa shape index (κ3) is 5.69. The van der Waals surface area contributed by atoms with Gasteiger partial charge in [0, 0.05) is 0 Å². The molecular weight excluding hydrogens is 456 g/mol. The fraction of sp³-hybridized carbons (Fsp3) is 1.00. The molecule has 0 heterocycles. The summed E-state index contributed by atoms with van der Waals surface area (Å²) in [4.78, 5) is 0. The number of rotatable bonds is 0. The normalized spacial score (nSPS) is 50.5. The van der Waals surface area contributed by atoms with Crippen LogP contribution in [-0.4, -0.2) is 0 Å². The molecule has 9 rings (SSSR count). The SMILES string of the molecule is C1CC2CCCC3CCC(C1)C23.C1CCC2C(C1)CCC1CCCC12.C1CCC2CC3CCCC3CC2C1.